The number of rotatable bonds is 9. The largest absolute Gasteiger partial charge is 0.416 e. The van der Waals surface area contributed by atoms with Crippen molar-refractivity contribution in [2.24, 2.45) is 0 Å². The van der Waals surface area contributed by atoms with E-state index in [9.17, 15) is 4.79 Å². The fourth-order valence-electron chi connectivity index (χ4n) is 3.10. The summed E-state index contributed by atoms with van der Waals surface area (Å²) in [6, 6.07) is 19.8. The average Bonchev–Trinajstić information content (AvgIpc) is 3.65. The van der Waals surface area contributed by atoms with Gasteiger partial charge in [-0.2, -0.15) is 0 Å². The van der Waals surface area contributed by atoms with Crippen LogP contribution in [-0.2, 0) is 11.2 Å². The van der Waals surface area contributed by atoms with Gasteiger partial charge >= 0.3 is 0 Å². The van der Waals surface area contributed by atoms with E-state index in [1.165, 1.54) is 34.4 Å². The number of hydrogen-bond donors (Lipinski definition) is 1. The Kier molecular flexibility index (Phi) is 7.17. The van der Waals surface area contributed by atoms with Crippen LogP contribution in [0, 0.1) is 0 Å². The predicted molar refractivity (Wildman–Crippen MR) is 141 cm³/mol. The summed E-state index contributed by atoms with van der Waals surface area (Å²) in [7, 11) is 1.72. The van der Waals surface area contributed by atoms with E-state index in [4.69, 9.17) is 4.42 Å². The molecule has 5 rings (SSSR count). The maximum atomic E-state index is 12.7. The van der Waals surface area contributed by atoms with E-state index in [2.05, 4.69) is 25.5 Å². The number of anilines is 3. The van der Waals surface area contributed by atoms with Crippen molar-refractivity contribution in [2.75, 3.05) is 23.0 Å². The number of nitrogens with zero attached hydrogens (tertiary/aromatic N) is 5. The van der Waals surface area contributed by atoms with E-state index in [1.54, 1.807) is 11.9 Å². The van der Waals surface area contributed by atoms with Crippen molar-refractivity contribution in [1.29, 1.82) is 0 Å². The number of hydrogen-bond acceptors (Lipinski definition) is 10. The van der Waals surface area contributed by atoms with Crippen molar-refractivity contribution in [2.45, 2.75) is 11.6 Å². The minimum atomic E-state index is -0.0974. The van der Waals surface area contributed by atoms with Gasteiger partial charge in [0.2, 0.25) is 11.8 Å². The van der Waals surface area contributed by atoms with Crippen molar-refractivity contribution >= 4 is 56.3 Å². The molecule has 0 aliphatic rings. The summed E-state index contributed by atoms with van der Waals surface area (Å²) in [5.74, 6) is 0.525. The Hall–Kier alpha value is -3.54. The molecule has 5 aromatic rings. The minimum absolute atomic E-state index is 0.0974. The van der Waals surface area contributed by atoms with Gasteiger partial charge in [-0.05, 0) is 12.1 Å². The third-order valence-electron chi connectivity index (χ3n) is 4.90. The van der Waals surface area contributed by atoms with Gasteiger partial charge in [-0.15, -0.1) is 32.9 Å². The molecule has 176 valence electrons. The smallest absolute Gasteiger partial charge is 0.277 e. The molecule has 0 spiro atoms. The van der Waals surface area contributed by atoms with Crippen molar-refractivity contribution in [3.63, 3.8) is 0 Å². The van der Waals surface area contributed by atoms with Crippen LogP contribution < -0.4 is 10.2 Å². The van der Waals surface area contributed by atoms with Crippen LogP contribution in [0.3, 0.4) is 0 Å². The van der Waals surface area contributed by atoms with Crippen LogP contribution in [0.15, 0.2) is 81.1 Å². The molecule has 35 heavy (non-hydrogen) atoms. The lowest BCUT2D eigenvalue weighted by atomic mass is 10.2. The second kappa shape index (κ2) is 10.8. The van der Waals surface area contributed by atoms with Gasteiger partial charge in [0.15, 0.2) is 10.3 Å². The van der Waals surface area contributed by atoms with Gasteiger partial charge < -0.3 is 9.73 Å². The Bertz CT molecular complexity index is 1400. The van der Waals surface area contributed by atoms with Crippen LogP contribution in [-0.4, -0.2) is 38.9 Å². The van der Waals surface area contributed by atoms with E-state index in [1.807, 2.05) is 71.4 Å². The molecular weight excluding hydrogens is 501 g/mol. The number of carbonyl (C=O) groups excluding carboxylic acids is 1. The molecule has 2 aromatic carbocycles. The molecule has 0 atom stereocenters. The first-order chi connectivity index (χ1) is 17.1. The van der Waals surface area contributed by atoms with E-state index in [0.717, 1.165) is 27.8 Å². The van der Waals surface area contributed by atoms with Crippen LogP contribution in [0.5, 0.6) is 0 Å². The van der Waals surface area contributed by atoms with Crippen molar-refractivity contribution < 1.29 is 9.21 Å². The fourth-order valence-corrected chi connectivity index (χ4v) is 5.34. The van der Waals surface area contributed by atoms with Gasteiger partial charge in [-0.25, -0.2) is 9.97 Å². The Balaban J connectivity index is 1.13. The SMILES string of the molecule is CN(C(=O)CSc1nnc(Cc2csc(Nc3ccccc3)n2)o1)c1nc(-c2ccccc2)cs1. The van der Waals surface area contributed by atoms with Crippen LogP contribution >= 0.6 is 34.4 Å². The van der Waals surface area contributed by atoms with E-state index in [-0.39, 0.29) is 11.7 Å². The fraction of sp³-hybridized carbons (Fsp3) is 0.125. The van der Waals surface area contributed by atoms with E-state index >= 15 is 0 Å². The molecule has 3 aromatic heterocycles. The summed E-state index contributed by atoms with van der Waals surface area (Å²) in [4.78, 5) is 23.4. The summed E-state index contributed by atoms with van der Waals surface area (Å²) in [6.45, 7) is 0. The van der Waals surface area contributed by atoms with Gasteiger partial charge in [-0.3, -0.25) is 9.69 Å². The molecule has 0 aliphatic carbocycles. The normalized spacial score (nSPS) is 10.9. The van der Waals surface area contributed by atoms with Gasteiger partial charge in [0.05, 0.1) is 23.6 Å². The Morgan fingerprint density at radius 2 is 1.77 bits per heavy atom. The summed E-state index contributed by atoms with van der Waals surface area (Å²) >= 11 is 4.15. The lowest BCUT2D eigenvalue weighted by Crippen LogP contribution is -2.27. The number of thioether (sulfide) groups is 1. The topological polar surface area (TPSA) is 97.0 Å². The summed E-state index contributed by atoms with van der Waals surface area (Å²) in [6.07, 6.45) is 0.426. The predicted octanol–water partition coefficient (Wildman–Crippen LogP) is 5.74. The lowest BCUT2D eigenvalue weighted by molar-refractivity contribution is -0.115. The second-order valence-corrected chi connectivity index (χ2v) is 10.0. The molecule has 0 saturated heterocycles. The Labute approximate surface area is 214 Å². The first kappa shape index (κ1) is 23.2. The molecule has 0 radical (unpaired) electrons. The summed E-state index contributed by atoms with van der Waals surface area (Å²) in [5.41, 5.74) is 3.69. The maximum absolute atomic E-state index is 12.7. The van der Waals surface area contributed by atoms with Crippen molar-refractivity contribution in [3.05, 3.63) is 83.0 Å². The third-order valence-corrected chi connectivity index (χ3v) is 7.43. The summed E-state index contributed by atoms with van der Waals surface area (Å²) < 4.78 is 5.71. The Morgan fingerprint density at radius 1 is 1.00 bits per heavy atom. The molecule has 1 amide bonds. The first-order valence-electron chi connectivity index (χ1n) is 10.6. The monoisotopic (exact) mass is 520 g/mol. The number of para-hydroxylation sites is 1. The minimum Gasteiger partial charge on any atom is -0.416 e. The third kappa shape index (κ3) is 5.94. The number of thiazole rings is 2. The van der Waals surface area contributed by atoms with Gasteiger partial charge in [0.25, 0.3) is 5.22 Å². The maximum Gasteiger partial charge on any atom is 0.277 e. The second-order valence-electron chi connectivity index (χ2n) is 7.40. The first-order valence-corrected chi connectivity index (χ1v) is 13.4. The van der Waals surface area contributed by atoms with Gasteiger partial charge in [-0.1, -0.05) is 60.3 Å². The average molecular weight is 521 g/mol. The lowest BCUT2D eigenvalue weighted by Gasteiger charge is -2.12. The van der Waals surface area contributed by atoms with Crippen LogP contribution in [0.25, 0.3) is 11.3 Å². The number of benzene rings is 2. The quantitative estimate of drug-likeness (QED) is 0.246. The molecule has 0 unspecified atom stereocenters. The van der Waals surface area contributed by atoms with Gasteiger partial charge in [0, 0.05) is 29.1 Å². The Morgan fingerprint density at radius 3 is 2.57 bits per heavy atom. The van der Waals surface area contributed by atoms with Gasteiger partial charge in [0.1, 0.15) is 0 Å². The highest BCUT2D eigenvalue weighted by atomic mass is 32.2. The highest BCUT2D eigenvalue weighted by Crippen LogP contribution is 2.28. The van der Waals surface area contributed by atoms with Crippen LogP contribution in [0.1, 0.15) is 11.6 Å². The standard InChI is InChI=1S/C24H20N6O2S3/c1-30(23-27-19(14-34-23)16-8-4-2-5-9-16)21(31)15-35-24-29-28-20(32-24)12-18-13-33-22(26-18)25-17-10-6-3-7-11-17/h2-11,13-14H,12,15H2,1H3,(H,25,26). The molecule has 0 fully saturated rings. The van der Waals surface area contributed by atoms with E-state index in [0.29, 0.717) is 22.7 Å². The zero-order valence-electron chi connectivity index (χ0n) is 18.6. The molecular formula is C24H20N6O2S3. The molecule has 0 bridgehead atoms. The number of aromatic nitrogens is 4. The molecule has 8 nitrogen and oxygen atoms in total. The number of nitrogens with one attached hydrogen (secondary N) is 1. The van der Waals surface area contributed by atoms with Crippen LogP contribution in [0.2, 0.25) is 0 Å². The zero-order chi connectivity index (χ0) is 24.0. The van der Waals surface area contributed by atoms with Crippen molar-refractivity contribution in [1.82, 2.24) is 20.2 Å². The van der Waals surface area contributed by atoms with Crippen LogP contribution in [0.4, 0.5) is 16.0 Å². The highest BCUT2D eigenvalue weighted by molar-refractivity contribution is 7.99. The molecule has 0 aliphatic heterocycles. The number of amides is 1. The number of carbonyl (C=O) groups is 1. The zero-order valence-corrected chi connectivity index (χ0v) is 21.1. The summed E-state index contributed by atoms with van der Waals surface area (Å²) in [5, 5.41) is 17.1. The molecule has 1 N–H and O–H groups in total. The molecule has 0 saturated carbocycles. The highest BCUT2D eigenvalue weighted by Gasteiger charge is 2.18. The molecule has 11 heteroatoms. The van der Waals surface area contributed by atoms with E-state index < -0.39 is 0 Å². The van der Waals surface area contributed by atoms with Crippen molar-refractivity contribution in [3.8, 4) is 11.3 Å². The molecule has 3 heterocycles.